The first kappa shape index (κ1) is 13.5. The van der Waals surface area contributed by atoms with Crippen molar-refractivity contribution in [3.8, 4) is 5.88 Å². The third kappa shape index (κ3) is 3.19. The van der Waals surface area contributed by atoms with Crippen LogP contribution in [0.3, 0.4) is 0 Å². The molecule has 0 bridgehead atoms. The van der Waals surface area contributed by atoms with Crippen molar-refractivity contribution in [3.05, 3.63) is 23.9 Å². The van der Waals surface area contributed by atoms with E-state index in [2.05, 4.69) is 46.7 Å². The Kier molecular flexibility index (Phi) is 4.74. The van der Waals surface area contributed by atoms with Gasteiger partial charge in [-0.3, -0.25) is 4.90 Å². The zero-order valence-corrected chi connectivity index (χ0v) is 11.9. The van der Waals surface area contributed by atoms with Crippen molar-refractivity contribution >= 4 is 15.9 Å². The molecule has 0 fully saturated rings. The van der Waals surface area contributed by atoms with E-state index < -0.39 is 0 Å². The summed E-state index contributed by atoms with van der Waals surface area (Å²) in [6, 6.07) is 3.99. The molecule has 1 aromatic rings. The number of halogens is 1. The maximum Gasteiger partial charge on any atom is 0.217 e. The van der Waals surface area contributed by atoms with Crippen molar-refractivity contribution in [2.45, 2.75) is 25.9 Å². The quantitative estimate of drug-likeness (QED) is 0.779. The van der Waals surface area contributed by atoms with Gasteiger partial charge < -0.3 is 4.74 Å². The number of hydrogen-bond donors (Lipinski definition) is 0. The number of nitrogens with zero attached hydrogens (tertiary/aromatic N) is 2. The van der Waals surface area contributed by atoms with Gasteiger partial charge >= 0.3 is 0 Å². The molecule has 3 nitrogen and oxygen atoms in total. The first-order valence-corrected chi connectivity index (χ1v) is 6.38. The summed E-state index contributed by atoms with van der Waals surface area (Å²) in [6.45, 7) is 5.23. The average molecular weight is 287 g/mol. The lowest BCUT2D eigenvalue weighted by Crippen LogP contribution is -2.42. The van der Waals surface area contributed by atoms with Crippen LogP contribution < -0.4 is 4.74 Å². The van der Waals surface area contributed by atoms with Gasteiger partial charge in [0, 0.05) is 29.2 Å². The molecule has 0 aliphatic rings. The molecule has 0 amide bonds. The smallest absolute Gasteiger partial charge is 0.217 e. The zero-order valence-electron chi connectivity index (χ0n) is 10.3. The molecule has 0 spiro atoms. The average Bonchev–Trinajstić information content (AvgIpc) is 2.29. The topological polar surface area (TPSA) is 25.4 Å². The van der Waals surface area contributed by atoms with E-state index in [4.69, 9.17) is 4.74 Å². The molecule has 1 heterocycles. The minimum atomic E-state index is 0.112. The van der Waals surface area contributed by atoms with E-state index in [1.807, 2.05) is 12.1 Å². The monoisotopic (exact) mass is 286 g/mol. The lowest BCUT2D eigenvalue weighted by molar-refractivity contribution is 0.171. The highest BCUT2D eigenvalue weighted by atomic mass is 79.9. The highest BCUT2D eigenvalue weighted by Gasteiger charge is 2.22. The molecular formula is C12H19BrN2O. The molecule has 0 radical (unpaired) electrons. The Balaban J connectivity index is 2.80. The van der Waals surface area contributed by atoms with Crippen LogP contribution in [-0.4, -0.2) is 34.9 Å². The van der Waals surface area contributed by atoms with Crippen molar-refractivity contribution in [2.24, 2.45) is 0 Å². The Labute approximate surface area is 106 Å². The molecule has 1 rings (SSSR count). The van der Waals surface area contributed by atoms with Gasteiger partial charge in [0.15, 0.2) is 0 Å². The summed E-state index contributed by atoms with van der Waals surface area (Å²) in [4.78, 5) is 6.48. The van der Waals surface area contributed by atoms with Crippen LogP contribution in [0.4, 0.5) is 0 Å². The van der Waals surface area contributed by atoms with Gasteiger partial charge in [-0.05, 0) is 27.0 Å². The lowest BCUT2D eigenvalue weighted by atomic mass is 10.1. The Morgan fingerprint density at radius 3 is 2.75 bits per heavy atom. The molecule has 0 aliphatic heterocycles. The van der Waals surface area contributed by atoms with E-state index in [-0.39, 0.29) is 5.54 Å². The van der Waals surface area contributed by atoms with Crippen molar-refractivity contribution in [3.63, 3.8) is 0 Å². The van der Waals surface area contributed by atoms with E-state index >= 15 is 0 Å². The van der Waals surface area contributed by atoms with Crippen molar-refractivity contribution in [1.29, 1.82) is 0 Å². The number of ether oxygens (including phenoxy) is 1. The van der Waals surface area contributed by atoms with Gasteiger partial charge in [-0.2, -0.15) is 0 Å². The second-order valence-corrected chi connectivity index (χ2v) is 5.03. The number of rotatable bonds is 5. The molecule has 0 atom stereocenters. The van der Waals surface area contributed by atoms with Gasteiger partial charge in [0.2, 0.25) is 5.88 Å². The fraction of sp³-hybridized carbons (Fsp3) is 0.583. The number of hydrogen-bond acceptors (Lipinski definition) is 3. The van der Waals surface area contributed by atoms with Crippen LogP contribution in [0.2, 0.25) is 0 Å². The van der Waals surface area contributed by atoms with E-state index in [1.165, 1.54) is 0 Å². The summed E-state index contributed by atoms with van der Waals surface area (Å²) in [7, 11) is 3.76. The highest BCUT2D eigenvalue weighted by molar-refractivity contribution is 9.09. The molecule has 1 aromatic heterocycles. The van der Waals surface area contributed by atoms with Crippen LogP contribution in [0.5, 0.6) is 5.88 Å². The maximum absolute atomic E-state index is 5.24. The van der Waals surface area contributed by atoms with Crippen LogP contribution in [0, 0.1) is 0 Å². The van der Waals surface area contributed by atoms with E-state index in [9.17, 15) is 0 Å². The fourth-order valence-electron chi connectivity index (χ4n) is 1.30. The molecule has 16 heavy (non-hydrogen) atoms. The molecule has 0 saturated heterocycles. The van der Waals surface area contributed by atoms with Crippen molar-refractivity contribution in [1.82, 2.24) is 9.88 Å². The summed E-state index contributed by atoms with van der Waals surface area (Å²) >= 11 is 3.53. The summed E-state index contributed by atoms with van der Waals surface area (Å²) in [5.74, 6) is 0.708. The summed E-state index contributed by atoms with van der Waals surface area (Å²) < 4.78 is 5.24. The van der Waals surface area contributed by atoms with Crippen molar-refractivity contribution in [2.75, 3.05) is 19.5 Å². The highest BCUT2D eigenvalue weighted by Crippen LogP contribution is 2.21. The Morgan fingerprint density at radius 1 is 1.50 bits per heavy atom. The summed E-state index contributed by atoms with van der Waals surface area (Å²) in [6.07, 6.45) is 1.75. The maximum atomic E-state index is 5.24. The summed E-state index contributed by atoms with van der Waals surface area (Å²) in [5, 5.41) is 0.930. The van der Waals surface area contributed by atoms with Crippen LogP contribution in [0.25, 0.3) is 0 Å². The Hall–Kier alpha value is -0.610. The summed E-state index contributed by atoms with van der Waals surface area (Å²) in [5.41, 5.74) is 1.22. The van der Waals surface area contributed by atoms with Crippen LogP contribution in [-0.2, 0) is 6.54 Å². The first-order chi connectivity index (χ1) is 7.51. The standard InChI is InChI=1S/C12H19BrN2O/c1-12(2,9-13)15(3)8-10-6-5-7-14-11(10)16-4/h5-7H,8-9H2,1-4H3. The van der Waals surface area contributed by atoms with Crippen LogP contribution in [0.1, 0.15) is 19.4 Å². The first-order valence-electron chi connectivity index (χ1n) is 5.26. The third-order valence-electron chi connectivity index (χ3n) is 2.81. The Morgan fingerprint density at radius 2 is 2.19 bits per heavy atom. The molecule has 0 N–H and O–H groups in total. The van der Waals surface area contributed by atoms with E-state index in [0.29, 0.717) is 5.88 Å². The van der Waals surface area contributed by atoms with Gasteiger partial charge in [0.25, 0.3) is 0 Å². The molecule has 0 unspecified atom stereocenters. The molecule has 0 aliphatic carbocycles. The zero-order chi connectivity index (χ0) is 12.2. The van der Waals surface area contributed by atoms with Crippen LogP contribution in [0.15, 0.2) is 18.3 Å². The van der Waals surface area contributed by atoms with E-state index in [1.54, 1.807) is 13.3 Å². The van der Waals surface area contributed by atoms with Gasteiger partial charge in [-0.15, -0.1) is 0 Å². The molecule has 0 saturated carbocycles. The van der Waals surface area contributed by atoms with Crippen LogP contribution >= 0.6 is 15.9 Å². The molecule has 0 aromatic carbocycles. The number of alkyl halides is 1. The van der Waals surface area contributed by atoms with E-state index in [0.717, 1.165) is 17.4 Å². The second-order valence-electron chi connectivity index (χ2n) is 4.47. The lowest BCUT2D eigenvalue weighted by Gasteiger charge is -2.34. The second kappa shape index (κ2) is 5.64. The third-order valence-corrected chi connectivity index (χ3v) is 4.18. The number of methoxy groups -OCH3 is 1. The largest absolute Gasteiger partial charge is 0.481 e. The van der Waals surface area contributed by atoms with Crippen molar-refractivity contribution < 1.29 is 4.74 Å². The predicted molar refractivity (Wildman–Crippen MR) is 70.1 cm³/mol. The fourth-order valence-corrected chi connectivity index (χ4v) is 1.73. The Bertz CT molecular complexity index is 342. The predicted octanol–water partition coefficient (Wildman–Crippen LogP) is 2.70. The number of pyridine rings is 1. The minimum Gasteiger partial charge on any atom is -0.481 e. The molecular weight excluding hydrogens is 268 g/mol. The minimum absolute atomic E-state index is 0.112. The SMILES string of the molecule is COc1ncccc1CN(C)C(C)(C)CBr. The van der Waals surface area contributed by atoms with Gasteiger partial charge in [0.05, 0.1) is 7.11 Å². The number of aromatic nitrogens is 1. The van der Waals surface area contributed by atoms with Gasteiger partial charge in [0.1, 0.15) is 0 Å². The molecule has 4 heteroatoms. The molecule has 90 valence electrons. The van der Waals surface area contributed by atoms with Gasteiger partial charge in [-0.25, -0.2) is 4.98 Å². The normalized spacial score (nSPS) is 11.9. The van der Waals surface area contributed by atoms with Gasteiger partial charge in [-0.1, -0.05) is 22.0 Å².